The van der Waals surface area contributed by atoms with Gasteiger partial charge in [0.25, 0.3) is 0 Å². The zero-order chi connectivity index (χ0) is 14.8. The lowest BCUT2D eigenvalue weighted by Crippen LogP contribution is -2.44. The molecule has 1 saturated heterocycles. The average molecular weight is 276 g/mol. The summed E-state index contributed by atoms with van der Waals surface area (Å²) in [5.74, 6) is 1.07. The first-order chi connectivity index (χ1) is 9.37. The predicted molar refractivity (Wildman–Crippen MR) is 79.7 cm³/mol. The largest absolute Gasteiger partial charge is 0.497 e. The molecule has 20 heavy (non-hydrogen) atoms. The molecule has 0 bridgehead atoms. The molecule has 0 saturated carbocycles. The Kier molecular flexibility index (Phi) is 4.33. The number of rotatable bonds is 4. The summed E-state index contributed by atoms with van der Waals surface area (Å²) < 4.78 is 5.14. The highest BCUT2D eigenvalue weighted by Crippen LogP contribution is 2.19. The van der Waals surface area contributed by atoms with Crippen LogP contribution in [0, 0.1) is 0 Å². The molecular weight excluding hydrogens is 252 g/mol. The Bertz CT molecular complexity index is 462. The van der Waals surface area contributed by atoms with E-state index >= 15 is 0 Å². The van der Waals surface area contributed by atoms with Gasteiger partial charge in [-0.2, -0.15) is 0 Å². The van der Waals surface area contributed by atoms with Crippen molar-refractivity contribution in [2.24, 2.45) is 0 Å². The van der Waals surface area contributed by atoms with E-state index in [1.807, 2.05) is 29.2 Å². The Labute approximate surface area is 121 Å². The minimum atomic E-state index is 0.0427. The van der Waals surface area contributed by atoms with Gasteiger partial charge in [0.2, 0.25) is 5.91 Å². The molecule has 110 valence electrons. The van der Waals surface area contributed by atoms with Crippen LogP contribution in [0.15, 0.2) is 24.3 Å². The summed E-state index contributed by atoms with van der Waals surface area (Å²) in [7, 11) is 1.65. The van der Waals surface area contributed by atoms with Crippen molar-refractivity contribution in [2.75, 3.05) is 13.7 Å². The summed E-state index contributed by atoms with van der Waals surface area (Å²) in [4.78, 5) is 14.0. The Morgan fingerprint density at radius 3 is 2.50 bits per heavy atom. The average Bonchev–Trinajstić information content (AvgIpc) is 2.68. The van der Waals surface area contributed by atoms with E-state index in [1.54, 1.807) is 7.11 Å². The van der Waals surface area contributed by atoms with Crippen LogP contribution >= 0.6 is 0 Å². The van der Waals surface area contributed by atoms with Gasteiger partial charge in [-0.25, -0.2) is 0 Å². The van der Waals surface area contributed by atoms with Gasteiger partial charge in [-0.1, -0.05) is 12.1 Å². The van der Waals surface area contributed by atoms with Crippen molar-refractivity contribution in [2.45, 2.75) is 45.3 Å². The monoisotopic (exact) mass is 276 g/mol. The number of methoxy groups -OCH3 is 1. The third-order valence-corrected chi connectivity index (χ3v) is 3.38. The zero-order valence-corrected chi connectivity index (χ0v) is 12.8. The first-order valence-corrected chi connectivity index (χ1v) is 7.06. The molecule has 0 aliphatic carbocycles. The maximum Gasteiger partial charge on any atom is 0.224 e. The van der Waals surface area contributed by atoms with Crippen LogP contribution in [0.5, 0.6) is 5.75 Å². The Balaban J connectivity index is 1.94. The van der Waals surface area contributed by atoms with E-state index in [0.29, 0.717) is 13.0 Å². The number of carbonyl (C=O) groups is 1. The highest BCUT2D eigenvalue weighted by atomic mass is 16.5. The van der Waals surface area contributed by atoms with E-state index in [2.05, 4.69) is 26.1 Å². The van der Waals surface area contributed by atoms with Crippen LogP contribution in [0.4, 0.5) is 0 Å². The highest BCUT2D eigenvalue weighted by Gasteiger charge is 2.31. The van der Waals surface area contributed by atoms with Crippen molar-refractivity contribution >= 4 is 5.91 Å². The molecule has 1 aliphatic rings. The van der Waals surface area contributed by atoms with Crippen LogP contribution in [-0.2, 0) is 11.3 Å². The second-order valence-corrected chi connectivity index (χ2v) is 6.42. The summed E-state index contributed by atoms with van der Waals surface area (Å²) in [5, 5.41) is 3.50. The van der Waals surface area contributed by atoms with Crippen LogP contribution in [0.1, 0.15) is 32.8 Å². The molecule has 1 unspecified atom stereocenters. The number of hydrogen-bond acceptors (Lipinski definition) is 3. The molecule has 1 N–H and O–H groups in total. The van der Waals surface area contributed by atoms with E-state index in [-0.39, 0.29) is 17.5 Å². The van der Waals surface area contributed by atoms with Crippen LogP contribution in [0.3, 0.4) is 0 Å². The van der Waals surface area contributed by atoms with Crippen molar-refractivity contribution in [3.63, 3.8) is 0 Å². The molecule has 4 nitrogen and oxygen atoms in total. The van der Waals surface area contributed by atoms with E-state index in [1.165, 1.54) is 0 Å². The van der Waals surface area contributed by atoms with E-state index in [4.69, 9.17) is 4.74 Å². The van der Waals surface area contributed by atoms with E-state index in [9.17, 15) is 4.79 Å². The molecule has 1 heterocycles. The fourth-order valence-electron chi connectivity index (χ4n) is 2.59. The molecule has 4 heteroatoms. The fourth-order valence-corrected chi connectivity index (χ4v) is 2.59. The lowest BCUT2D eigenvalue weighted by molar-refractivity contribution is -0.128. The van der Waals surface area contributed by atoms with E-state index in [0.717, 1.165) is 17.9 Å². The fraction of sp³-hybridized carbons (Fsp3) is 0.562. The number of ether oxygens (including phenoxy) is 1. The number of benzene rings is 1. The van der Waals surface area contributed by atoms with Crippen LogP contribution in [0.25, 0.3) is 0 Å². The van der Waals surface area contributed by atoms with Gasteiger partial charge in [0.05, 0.1) is 7.11 Å². The topological polar surface area (TPSA) is 41.6 Å². The zero-order valence-electron chi connectivity index (χ0n) is 12.8. The SMILES string of the molecule is COc1ccc(CN2CC(NC(C)(C)C)CC2=O)cc1. The number of nitrogens with one attached hydrogen (secondary N) is 1. The van der Waals surface area contributed by atoms with Gasteiger partial charge in [0.1, 0.15) is 5.75 Å². The van der Waals surface area contributed by atoms with E-state index < -0.39 is 0 Å². The molecule has 1 fully saturated rings. The third kappa shape index (κ3) is 3.97. The molecule has 1 aliphatic heterocycles. The number of likely N-dealkylation sites (tertiary alicyclic amines) is 1. The molecule has 0 spiro atoms. The van der Waals surface area contributed by atoms with Gasteiger partial charge in [0.15, 0.2) is 0 Å². The quantitative estimate of drug-likeness (QED) is 0.916. The van der Waals surface area contributed by atoms with Crippen molar-refractivity contribution in [1.82, 2.24) is 10.2 Å². The highest BCUT2D eigenvalue weighted by molar-refractivity contribution is 5.79. The molecule has 0 aromatic heterocycles. The Hall–Kier alpha value is -1.55. The van der Waals surface area contributed by atoms with Crippen molar-refractivity contribution in [1.29, 1.82) is 0 Å². The first-order valence-electron chi connectivity index (χ1n) is 7.06. The number of nitrogens with zero attached hydrogens (tertiary/aromatic N) is 1. The molecular formula is C16H24N2O2. The molecule has 2 rings (SSSR count). The van der Waals surface area contributed by atoms with Gasteiger partial charge in [-0.15, -0.1) is 0 Å². The lowest BCUT2D eigenvalue weighted by Gasteiger charge is -2.25. The normalized spacial score (nSPS) is 19.5. The summed E-state index contributed by atoms with van der Waals surface area (Å²) in [6.45, 7) is 7.84. The first kappa shape index (κ1) is 14.9. The number of carbonyl (C=O) groups excluding carboxylic acids is 1. The minimum absolute atomic E-state index is 0.0427. The maximum atomic E-state index is 12.1. The maximum absolute atomic E-state index is 12.1. The van der Waals surface area contributed by atoms with Gasteiger partial charge in [-0.3, -0.25) is 4.79 Å². The molecule has 1 amide bonds. The summed E-state index contributed by atoms with van der Waals surface area (Å²) in [6.07, 6.45) is 0.591. The standard InChI is InChI=1S/C16H24N2O2/c1-16(2,3)17-13-9-15(19)18(11-13)10-12-5-7-14(20-4)8-6-12/h5-8,13,17H,9-11H2,1-4H3. The molecule has 0 radical (unpaired) electrons. The van der Waals surface area contributed by atoms with Crippen molar-refractivity contribution in [3.05, 3.63) is 29.8 Å². The second-order valence-electron chi connectivity index (χ2n) is 6.42. The summed E-state index contributed by atoms with van der Waals surface area (Å²) >= 11 is 0. The minimum Gasteiger partial charge on any atom is -0.497 e. The number of hydrogen-bond donors (Lipinski definition) is 1. The van der Waals surface area contributed by atoms with Crippen LogP contribution in [0.2, 0.25) is 0 Å². The Morgan fingerprint density at radius 1 is 1.30 bits per heavy atom. The third-order valence-electron chi connectivity index (χ3n) is 3.38. The molecule has 1 aromatic rings. The van der Waals surface area contributed by atoms with Crippen LogP contribution < -0.4 is 10.1 Å². The predicted octanol–water partition coefficient (Wildman–Crippen LogP) is 2.18. The van der Waals surface area contributed by atoms with Crippen molar-refractivity contribution in [3.8, 4) is 5.75 Å². The van der Waals surface area contributed by atoms with Gasteiger partial charge in [0, 0.05) is 31.1 Å². The van der Waals surface area contributed by atoms with Gasteiger partial charge < -0.3 is 15.0 Å². The van der Waals surface area contributed by atoms with Gasteiger partial charge >= 0.3 is 0 Å². The van der Waals surface area contributed by atoms with Crippen LogP contribution in [-0.4, -0.2) is 36.0 Å². The van der Waals surface area contributed by atoms with Crippen molar-refractivity contribution < 1.29 is 9.53 Å². The lowest BCUT2D eigenvalue weighted by atomic mass is 10.1. The second kappa shape index (κ2) is 5.83. The number of amides is 1. The molecule has 1 aromatic carbocycles. The van der Waals surface area contributed by atoms with Gasteiger partial charge in [-0.05, 0) is 38.5 Å². The summed E-state index contributed by atoms with van der Waals surface area (Å²) in [5.41, 5.74) is 1.18. The Morgan fingerprint density at radius 2 is 1.95 bits per heavy atom. The smallest absolute Gasteiger partial charge is 0.224 e. The summed E-state index contributed by atoms with van der Waals surface area (Å²) in [6, 6.07) is 8.13. The molecule has 1 atom stereocenters.